The van der Waals surface area contributed by atoms with Crippen molar-refractivity contribution in [1.29, 1.82) is 0 Å². The Labute approximate surface area is 210 Å². The minimum atomic E-state index is 0.398. The number of nitrogens with zero attached hydrogens (tertiary/aromatic N) is 5. The summed E-state index contributed by atoms with van der Waals surface area (Å²) in [7, 11) is 4.16. The van der Waals surface area contributed by atoms with Crippen molar-refractivity contribution in [2.24, 2.45) is 17.8 Å². The molecule has 1 aliphatic rings. The van der Waals surface area contributed by atoms with Crippen LogP contribution in [0.5, 0.6) is 0 Å². The van der Waals surface area contributed by atoms with Gasteiger partial charge < -0.3 is 16.0 Å². The maximum atomic E-state index is 10.6. The van der Waals surface area contributed by atoms with Gasteiger partial charge in [-0.05, 0) is 57.2 Å². The SMILES string of the molecule is C=N/C(=C\SCNC(=C)/C=C\C(C=O)=C/N)c1sc(C)nc1C.CN1CCc2cnn(C)c2C1. The second-order valence-corrected chi connectivity index (χ2v) is 9.73. The van der Waals surface area contributed by atoms with Crippen LogP contribution in [-0.4, -0.2) is 52.1 Å². The number of fused-ring (bicyclic) bond motifs is 1. The van der Waals surface area contributed by atoms with Gasteiger partial charge in [0.05, 0.1) is 39.0 Å². The lowest BCUT2D eigenvalue weighted by Crippen LogP contribution is -2.27. The largest absolute Gasteiger partial charge is 0.404 e. The van der Waals surface area contributed by atoms with Crippen molar-refractivity contribution in [1.82, 2.24) is 25.0 Å². The normalized spacial score (nSPS) is 14.4. The second-order valence-electron chi connectivity index (χ2n) is 7.67. The number of aliphatic imine (C=N–C) groups is 1. The minimum absolute atomic E-state index is 0.398. The van der Waals surface area contributed by atoms with Gasteiger partial charge >= 0.3 is 0 Å². The molecule has 3 rings (SSSR count). The Morgan fingerprint density at radius 3 is 2.76 bits per heavy atom. The zero-order valence-corrected chi connectivity index (χ0v) is 21.9. The molecule has 182 valence electrons. The molecule has 8 nitrogen and oxygen atoms in total. The molecule has 0 aromatic carbocycles. The third kappa shape index (κ3) is 8.12. The van der Waals surface area contributed by atoms with Crippen LogP contribution in [0.2, 0.25) is 0 Å². The lowest BCUT2D eigenvalue weighted by Gasteiger charge is -2.22. The summed E-state index contributed by atoms with van der Waals surface area (Å²) in [5.74, 6) is 0.613. The molecule has 0 atom stereocenters. The lowest BCUT2D eigenvalue weighted by atomic mass is 10.1. The van der Waals surface area contributed by atoms with Gasteiger partial charge in [-0.1, -0.05) is 6.58 Å². The van der Waals surface area contributed by atoms with Crippen LogP contribution < -0.4 is 11.1 Å². The summed E-state index contributed by atoms with van der Waals surface area (Å²) >= 11 is 3.14. The van der Waals surface area contributed by atoms with Crippen molar-refractivity contribution in [2.45, 2.75) is 26.8 Å². The molecule has 0 saturated heterocycles. The molecule has 2 aromatic heterocycles. The van der Waals surface area contributed by atoms with E-state index in [0.717, 1.165) is 34.2 Å². The highest BCUT2D eigenvalue weighted by molar-refractivity contribution is 8.02. The van der Waals surface area contributed by atoms with Crippen LogP contribution in [-0.2, 0) is 24.8 Å². The van der Waals surface area contributed by atoms with Gasteiger partial charge in [-0.2, -0.15) is 5.10 Å². The number of nitrogens with one attached hydrogen (secondary N) is 1. The van der Waals surface area contributed by atoms with E-state index >= 15 is 0 Å². The molecule has 0 bridgehead atoms. The summed E-state index contributed by atoms with van der Waals surface area (Å²) in [6.07, 6.45) is 8.37. The number of rotatable bonds is 9. The number of aryl methyl sites for hydroxylation is 3. The fourth-order valence-corrected chi connectivity index (χ4v) is 4.82. The first kappa shape index (κ1) is 27.3. The predicted octanol–water partition coefficient (Wildman–Crippen LogP) is 3.56. The molecule has 0 spiro atoms. The van der Waals surface area contributed by atoms with Crippen LogP contribution in [0.3, 0.4) is 0 Å². The van der Waals surface area contributed by atoms with E-state index < -0.39 is 0 Å². The number of nitrogens with two attached hydrogens (primary N) is 1. The number of hydrogen-bond donors (Lipinski definition) is 2. The molecular formula is C24H33N7OS2. The molecule has 1 aliphatic heterocycles. The number of carbonyl (C=O) groups is 1. The summed E-state index contributed by atoms with van der Waals surface area (Å²) in [5.41, 5.74) is 10.9. The minimum Gasteiger partial charge on any atom is -0.404 e. The number of aldehydes is 1. The van der Waals surface area contributed by atoms with E-state index in [1.54, 1.807) is 35.3 Å². The number of carbonyl (C=O) groups excluding carboxylic acids is 1. The maximum absolute atomic E-state index is 10.6. The molecule has 0 amide bonds. The van der Waals surface area contributed by atoms with E-state index in [2.05, 4.69) is 45.6 Å². The van der Waals surface area contributed by atoms with Gasteiger partial charge in [0, 0.05) is 37.6 Å². The van der Waals surface area contributed by atoms with E-state index in [-0.39, 0.29) is 0 Å². The zero-order valence-electron chi connectivity index (χ0n) is 20.2. The molecule has 2 aromatic rings. The highest BCUT2D eigenvalue weighted by Crippen LogP contribution is 2.28. The first-order chi connectivity index (χ1) is 16.3. The average Bonchev–Trinajstić information content (AvgIpc) is 3.35. The molecule has 3 N–H and O–H groups in total. The molecule has 0 unspecified atom stereocenters. The molecule has 0 radical (unpaired) electrons. The van der Waals surface area contributed by atoms with Crippen molar-refractivity contribution in [3.05, 3.63) is 74.6 Å². The van der Waals surface area contributed by atoms with Gasteiger partial charge in [0.1, 0.15) is 0 Å². The fourth-order valence-electron chi connectivity index (χ4n) is 3.14. The molecule has 3 heterocycles. The number of thiazole rings is 1. The highest BCUT2D eigenvalue weighted by atomic mass is 32.2. The summed E-state index contributed by atoms with van der Waals surface area (Å²) in [5, 5.41) is 10.3. The van der Waals surface area contributed by atoms with E-state index in [1.165, 1.54) is 24.0 Å². The molecule has 34 heavy (non-hydrogen) atoms. The van der Waals surface area contributed by atoms with E-state index in [1.807, 2.05) is 37.2 Å². The van der Waals surface area contributed by atoms with Crippen molar-refractivity contribution in [3.8, 4) is 0 Å². The van der Waals surface area contributed by atoms with Crippen LogP contribution in [0.25, 0.3) is 5.70 Å². The number of aromatic nitrogens is 3. The van der Waals surface area contributed by atoms with Gasteiger partial charge in [-0.3, -0.25) is 14.5 Å². The first-order valence-corrected chi connectivity index (χ1v) is 12.5. The zero-order chi connectivity index (χ0) is 25.1. The van der Waals surface area contributed by atoms with Crippen LogP contribution in [0.1, 0.15) is 26.8 Å². The molecule has 0 fully saturated rings. The predicted molar refractivity (Wildman–Crippen MR) is 145 cm³/mol. The Morgan fingerprint density at radius 2 is 2.15 bits per heavy atom. The number of thioether (sulfide) groups is 1. The van der Waals surface area contributed by atoms with Gasteiger partial charge in [-0.15, -0.1) is 23.1 Å². The van der Waals surface area contributed by atoms with Crippen LogP contribution >= 0.6 is 23.1 Å². The van der Waals surface area contributed by atoms with Crippen molar-refractivity contribution >= 4 is 41.8 Å². The van der Waals surface area contributed by atoms with Gasteiger partial charge in [0.15, 0.2) is 6.29 Å². The Kier molecular flexibility index (Phi) is 11.0. The Balaban J connectivity index is 0.000000305. The first-order valence-electron chi connectivity index (χ1n) is 10.7. The number of hydrogen-bond acceptors (Lipinski definition) is 9. The molecule has 0 saturated carbocycles. The molecule has 10 heteroatoms. The van der Waals surface area contributed by atoms with Gasteiger partial charge in [-0.25, -0.2) is 4.98 Å². The van der Waals surface area contributed by atoms with Gasteiger partial charge in [0.25, 0.3) is 0 Å². The number of likely N-dealkylation sites (N-methyl/N-ethyl adjacent to an activating group) is 1. The molecular weight excluding hydrogens is 466 g/mol. The number of allylic oxidation sites excluding steroid dienone is 3. The summed E-state index contributed by atoms with van der Waals surface area (Å²) in [4.78, 5) is 22.4. The summed E-state index contributed by atoms with van der Waals surface area (Å²) in [6, 6.07) is 0. The van der Waals surface area contributed by atoms with Crippen LogP contribution in [0.4, 0.5) is 0 Å². The Morgan fingerprint density at radius 1 is 1.38 bits per heavy atom. The van der Waals surface area contributed by atoms with Crippen LogP contribution in [0.15, 0.2) is 52.8 Å². The quantitative estimate of drug-likeness (QED) is 0.136. The standard InChI is InChI=1S/C16H20N4OS2.C8H13N3/c1-11(5-6-14(7-17)8-21)19-10-22-9-15(18-4)16-12(2)20-13(3)23-16;1-10-4-3-7-5-9-11(2)8(7)6-10/h5-9,19H,1,4,10,17H2,2-3H3;5H,3-4,6H2,1-2H3/b6-5-,14-7+,15-9-;. The van der Waals surface area contributed by atoms with Crippen molar-refractivity contribution in [2.75, 3.05) is 19.5 Å². The Bertz CT molecular complexity index is 1090. The fraction of sp³-hybridized carbons (Fsp3) is 0.333. The lowest BCUT2D eigenvalue weighted by molar-refractivity contribution is -0.104. The van der Waals surface area contributed by atoms with Gasteiger partial charge in [0.2, 0.25) is 0 Å². The third-order valence-electron chi connectivity index (χ3n) is 5.02. The van der Waals surface area contributed by atoms with E-state index in [0.29, 0.717) is 23.4 Å². The maximum Gasteiger partial charge on any atom is 0.151 e. The summed E-state index contributed by atoms with van der Waals surface area (Å²) in [6.45, 7) is 13.6. The highest BCUT2D eigenvalue weighted by Gasteiger charge is 2.16. The van der Waals surface area contributed by atoms with Crippen molar-refractivity contribution < 1.29 is 4.79 Å². The second kappa shape index (κ2) is 13.7. The molecule has 0 aliphatic carbocycles. The van der Waals surface area contributed by atoms with Crippen LogP contribution in [0, 0.1) is 13.8 Å². The average molecular weight is 500 g/mol. The smallest absolute Gasteiger partial charge is 0.151 e. The van der Waals surface area contributed by atoms with E-state index in [4.69, 9.17) is 5.73 Å². The third-order valence-corrected chi connectivity index (χ3v) is 6.82. The summed E-state index contributed by atoms with van der Waals surface area (Å²) < 4.78 is 1.98. The Hall–Kier alpha value is -2.95. The van der Waals surface area contributed by atoms with Crippen molar-refractivity contribution in [3.63, 3.8) is 0 Å². The topological polar surface area (TPSA) is 101 Å². The monoisotopic (exact) mass is 499 g/mol. The van der Waals surface area contributed by atoms with E-state index in [9.17, 15) is 4.79 Å².